The van der Waals surface area contributed by atoms with E-state index >= 15 is 0 Å². The quantitative estimate of drug-likeness (QED) is 0.867. The summed E-state index contributed by atoms with van der Waals surface area (Å²) in [7, 11) is 0. The summed E-state index contributed by atoms with van der Waals surface area (Å²) in [6.07, 6.45) is -0.154. The van der Waals surface area contributed by atoms with E-state index in [0.29, 0.717) is 4.77 Å². The van der Waals surface area contributed by atoms with Crippen LogP contribution >= 0.6 is 28.1 Å². The van der Waals surface area contributed by atoms with Gasteiger partial charge in [0.25, 0.3) is 0 Å². The zero-order chi connectivity index (χ0) is 13.1. The molecule has 2 rings (SSSR count). The van der Waals surface area contributed by atoms with Gasteiger partial charge in [-0.3, -0.25) is 5.10 Å². The smallest absolute Gasteiger partial charge is 0.195 e. The van der Waals surface area contributed by atoms with Crippen LogP contribution in [0.4, 0.5) is 0 Å². The SMILES string of the molecule is CCn1c(C(C)Oc2ccc(Br)cc2)n[nH]c1=S. The Morgan fingerprint density at radius 3 is 2.72 bits per heavy atom. The van der Waals surface area contributed by atoms with Crippen LogP contribution < -0.4 is 4.74 Å². The van der Waals surface area contributed by atoms with Crippen molar-refractivity contribution < 1.29 is 4.74 Å². The Bertz CT molecular complexity index is 576. The molecule has 1 heterocycles. The summed E-state index contributed by atoms with van der Waals surface area (Å²) in [4.78, 5) is 0. The van der Waals surface area contributed by atoms with E-state index in [1.165, 1.54) is 0 Å². The molecule has 0 spiro atoms. The maximum Gasteiger partial charge on any atom is 0.195 e. The van der Waals surface area contributed by atoms with Crippen LogP contribution in [0.3, 0.4) is 0 Å². The lowest BCUT2D eigenvalue weighted by molar-refractivity contribution is 0.210. The summed E-state index contributed by atoms with van der Waals surface area (Å²) in [5.41, 5.74) is 0. The molecular weight excluding hydrogens is 314 g/mol. The molecule has 0 saturated heterocycles. The Morgan fingerprint density at radius 1 is 1.44 bits per heavy atom. The topological polar surface area (TPSA) is 42.8 Å². The van der Waals surface area contributed by atoms with Crippen molar-refractivity contribution in [2.24, 2.45) is 0 Å². The number of rotatable bonds is 4. The maximum atomic E-state index is 5.84. The Balaban J connectivity index is 2.19. The zero-order valence-corrected chi connectivity index (χ0v) is 12.6. The van der Waals surface area contributed by atoms with E-state index in [1.54, 1.807) is 0 Å². The number of aromatic amines is 1. The number of aromatic nitrogens is 3. The highest BCUT2D eigenvalue weighted by molar-refractivity contribution is 9.10. The van der Waals surface area contributed by atoms with Crippen molar-refractivity contribution >= 4 is 28.1 Å². The molecule has 1 aromatic heterocycles. The molecule has 0 aliphatic rings. The lowest BCUT2D eigenvalue weighted by atomic mass is 10.3. The van der Waals surface area contributed by atoms with Crippen molar-refractivity contribution in [2.75, 3.05) is 0 Å². The van der Waals surface area contributed by atoms with E-state index in [-0.39, 0.29) is 6.10 Å². The number of halogens is 1. The van der Waals surface area contributed by atoms with Gasteiger partial charge in [0, 0.05) is 11.0 Å². The number of nitrogens with one attached hydrogen (secondary N) is 1. The number of ether oxygens (including phenoxy) is 1. The van der Waals surface area contributed by atoms with E-state index in [1.807, 2.05) is 42.7 Å². The molecule has 0 bridgehead atoms. The summed E-state index contributed by atoms with van der Waals surface area (Å²) >= 11 is 8.55. The molecule has 18 heavy (non-hydrogen) atoms. The van der Waals surface area contributed by atoms with Gasteiger partial charge in [0.1, 0.15) is 5.75 Å². The Kier molecular flexibility index (Phi) is 4.19. The van der Waals surface area contributed by atoms with Gasteiger partial charge in [0.05, 0.1) is 0 Å². The van der Waals surface area contributed by atoms with E-state index in [2.05, 4.69) is 26.1 Å². The second kappa shape index (κ2) is 5.67. The van der Waals surface area contributed by atoms with Crippen LogP contribution in [0, 0.1) is 4.77 Å². The lowest BCUT2D eigenvalue weighted by Crippen LogP contribution is -2.11. The zero-order valence-electron chi connectivity index (χ0n) is 10.2. The molecule has 1 aromatic carbocycles. The minimum absolute atomic E-state index is 0.154. The third-order valence-electron chi connectivity index (χ3n) is 2.59. The maximum absolute atomic E-state index is 5.84. The van der Waals surface area contributed by atoms with Crippen molar-refractivity contribution in [2.45, 2.75) is 26.5 Å². The Labute approximate surface area is 119 Å². The van der Waals surface area contributed by atoms with Gasteiger partial charge in [-0.1, -0.05) is 15.9 Å². The minimum Gasteiger partial charge on any atom is -0.483 e. The lowest BCUT2D eigenvalue weighted by Gasteiger charge is -2.14. The molecule has 0 amide bonds. The van der Waals surface area contributed by atoms with Crippen LogP contribution in [-0.2, 0) is 6.54 Å². The van der Waals surface area contributed by atoms with Crippen LogP contribution in [0.5, 0.6) is 5.75 Å². The molecule has 0 aliphatic carbocycles. The highest BCUT2D eigenvalue weighted by Gasteiger charge is 2.14. The van der Waals surface area contributed by atoms with E-state index in [9.17, 15) is 0 Å². The van der Waals surface area contributed by atoms with Crippen LogP contribution in [0.15, 0.2) is 28.7 Å². The first-order valence-electron chi connectivity index (χ1n) is 5.69. The molecule has 6 heteroatoms. The first-order valence-corrected chi connectivity index (χ1v) is 6.89. The molecule has 1 N–H and O–H groups in total. The number of benzene rings is 1. The molecule has 2 aromatic rings. The fourth-order valence-electron chi connectivity index (χ4n) is 1.72. The number of hydrogen-bond acceptors (Lipinski definition) is 3. The Hall–Kier alpha value is -1.14. The molecule has 0 radical (unpaired) electrons. The van der Waals surface area contributed by atoms with Gasteiger partial charge in [-0.2, -0.15) is 5.10 Å². The third kappa shape index (κ3) is 2.81. The van der Waals surface area contributed by atoms with Gasteiger partial charge in [0.15, 0.2) is 16.7 Å². The van der Waals surface area contributed by atoms with Gasteiger partial charge in [-0.25, -0.2) is 0 Å². The average molecular weight is 328 g/mol. The number of hydrogen-bond donors (Lipinski definition) is 1. The van der Waals surface area contributed by atoms with Gasteiger partial charge < -0.3 is 9.30 Å². The van der Waals surface area contributed by atoms with Gasteiger partial charge in [-0.15, -0.1) is 0 Å². The normalized spacial score (nSPS) is 12.4. The summed E-state index contributed by atoms with van der Waals surface area (Å²) in [6, 6.07) is 7.72. The summed E-state index contributed by atoms with van der Waals surface area (Å²) in [6.45, 7) is 4.76. The molecule has 1 atom stereocenters. The second-order valence-corrected chi connectivity index (χ2v) is 5.15. The molecule has 0 saturated carbocycles. The number of H-pyrrole nitrogens is 1. The molecule has 0 aliphatic heterocycles. The van der Waals surface area contributed by atoms with Crippen LogP contribution in [0.1, 0.15) is 25.8 Å². The summed E-state index contributed by atoms with van der Waals surface area (Å²) < 4.78 is 9.42. The monoisotopic (exact) mass is 327 g/mol. The van der Waals surface area contributed by atoms with Crippen molar-refractivity contribution in [3.63, 3.8) is 0 Å². The van der Waals surface area contributed by atoms with E-state index in [0.717, 1.165) is 22.6 Å². The van der Waals surface area contributed by atoms with Gasteiger partial charge in [0.2, 0.25) is 0 Å². The van der Waals surface area contributed by atoms with Crippen molar-refractivity contribution in [1.82, 2.24) is 14.8 Å². The molecular formula is C12H14BrN3OS. The minimum atomic E-state index is -0.154. The summed E-state index contributed by atoms with van der Waals surface area (Å²) in [5, 5.41) is 7.00. The molecule has 4 nitrogen and oxygen atoms in total. The molecule has 1 unspecified atom stereocenters. The van der Waals surface area contributed by atoms with E-state index in [4.69, 9.17) is 17.0 Å². The highest BCUT2D eigenvalue weighted by atomic mass is 79.9. The first kappa shape index (κ1) is 13.3. The van der Waals surface area contributed by atoms with Crippen LogP contribution in [0.25, 0.3) is 0 Å². The fourth-order valence-corrected chi connectivity index (χ4v) is 2.25. The standard InChI is InChI=1S/C12H14BrN3OS/c1-3-16-11(14-15-12(16)18)8(2)17-10-6-4-9(13)5-7-10/h4-8H,3H2,1-2H3,(H,15,18). The number of nitrogens with zero attached hydrogens (tertiary/aromatic N) is 2. The van der Waals surface area contributed by atoms with Crippen molar-refractivity contribution in [1.29, 1.82) is 0 Å². The van der Waals surface area contributed by atoms with Crippen LogP contribution in [0.2, 0.25) is 0 Å². The largest absolute Gasteiger partial charge is 0.483 e. The average Bonchev–Trinajstić information content (AvgIpc) is 2.73. The predicted molar refractivity (Wildman–Crippen MR) is 76.3 cm³/mol. The van der Waals surface area contributed by atoms with Crippen molar-refractivity contribution in [3.8, 4) is 5.75 Å². The molecule has 0 fully saturated rings. The van der Waals surface area contributed by atoms with Crippen LogP contribution in [-0.4, -0.2) is 14.8 Å². The third-order valence-corrected chi connectivity index (χ3v) is 3.43. The van der Waals surface area contributed by atoms with Gasteiger partial charge in [-0.05, 0) is 50.3 Å². The predicted octanol–water partition coefficient (Wildman–Crippen LogP) is 3.86. The first-order chi connectivity index (χ1) is 8.61. The Morgan fingerprint density at radius 2 is 2.11 bits per heavy atom. The molecule has 96 valence electrons. The van der Waals surface area contributed by atoms with Gasteiger partial charge >= 0.3 is 0 Å². The fraction of sp³-hybridized carbons (Fsp3) is 0.333. The van der Waals surface area contributed by atoms with Crippen molar-refractivity contribution in [3.05, 3.63) is 39.3 Å². The second-order valence-electron chi connectivity index (χ2n) is 3.85. The summed E-state index contributed by atoms with van der Waals surface area (Å²) in [5.74, 6) is 1.62. The van der Waals surface area contributed by atoms with E-state index < -0.39 is 0 Å². The highest BCUT2D eigenvalue weighted by Crippen LogP contribution is 2.22.